The number of hydrogen-bond donors (Lipinski definition) is 1. The molecular weight excluding hydrogens is 196 g/mol. The van der Waals surface area contributed by atoms with Crippen molar-refractivity contribution >= 4 is 17.4 Å². The van der Waals surface area contributed by atoms with Gasteiger partial charge in [-0.05, 0) is 37.5 Å². The molecule has 0 saturated heterocycles. The van der Waals surface area contributed by atoms with Crippen LogP contribution in [0.15, 0.2) is 18.3 Å². The van der Waals surface area contributed by atoms with Gasteiger partial charge in [0, 0.05) is 18.6 Å². The number of halogens is 1. The summed E-state index contributed by atoms with van der Waals surface area (Å²) in [6, 6.07) is 4.06. The molecule has 0 aliphatic heterocycles. The van der Waals surface area contributed by atoms with E-state index in [1.165, 1.54) is 12.0 Å². The molecule has 0 saturated carbocycles. The van der Waals surface area contributed by atoms with Crippen LogP contribution in [0.5, 0.6) is 0 Å². The molecule has 0 amide bonds. The summed E-state index contributed by atoms with van der Waals surface area (Å²) in [6.07, 6.45) is 5.27. The molecule has 0 fully saturated rings. The minimum Gasteiger partial charge on any atom is -0.370 e. The van der Waals surface area contributed by atoms with Crippen LogP contribution in [0.25, 0.3) is 0 Å². The molecular formula is C11H17ClN2. The molecule has 0 radical (unpaired) electrons. The summed E-state index contributed by atoms with van der Waals surface area (Å²) in [5.74, 6) is 1.73. The third kappa shape index (κ3) is 4.47. The van der Waals surface area contributed by atoms with E-state index >= 15 is 0 Å². The van der Waals surface area contributed by atoms with E-state index < -0.39 is 0 Å². The highest BCUT2D eigenvalue weighted by Crippen LogP contribution is 2.05. The number of nitrogens with zero attached hydrogens (tertiary/aromatic N) is 1. The summed E-state index contributed by atoms with van der Waals surface area (Å²) < 4.78 is 0. The van der Waals surface area contributed by atoms with E-state index in [0.717, 1.165) is 31.1 Å². The van der Waals surface area contributed by atoms with Crippen LogP contribution in [-0.4, -0.2) is 17.4 Å². The Bertz CT molecular complexity index is 263. The Morgan fingerprint density at radius 1 is 1.36 bits per heavy atom. The fourth-order valence-electron chi connectivity index (χ4n) is 1.25. The number of alkyl halides is 1. The zero-order chi connectivity index (χ0) is 10.2. The normalized spacial score (nSPS) is 10.1. The molecule has 0 atom stereocenters. The average molecular weight is 213 g/mol. The van der Waals surface area contributed by atoms with E-state index in [9.17, 15) is 0 Å². The number of anilines is 1. The monoisotopic (exact) mass is 212 g/mol. The van der Waals surface area contributed by atoms with Crippen LogP contribution in [0.3, 0.4) is 0 Å². The molecule has 2 nitrogen and oxygen atoms in total. The lowest BCUT2D eigenvalue weighted by molar-refractivity contribution is 0.746. The Morgan fingerprint density at radius 2 is 2.21 bits per heavy atom. The number of aryl methyl sites for hydroxylation is 1. The Labute approximate surface area is 90.7 Å². The second-order valence-electron chi connectivity index (χ2n) is 3.39. The van der Waals surface area contributed by atoms with Gasteiger partial charge in [0.2, 0.25) is 0 Å². The Morgan fingerprint density at radius 3 is 2.93 bits per heavy atom. The van der Waals surface area contributed by atoms with Crippen molar-refractivity contribution in [2.24, 2.45) is 0 Å². The second-order valence-corrected chi connectivity index (χ2v) is 3.77. The van der Waals surface area contributed by atoms with Gasteiger partial charge in [0.05, 0.1) is 0 Å². The number of pyridine rings is 1. The molecule has 1 aromatic heterocycles. The van der Waals surface area contributed by atoms with Gasteiger partial charge in [-0.2, -0.15) is 0 Å². The minimum atomic E-state index is 0.767. The van der Waals surface area contributed by atoms with Crippen molar-refractivity contribution in [3.8, 4) is 0 Å². The zero-order valence-electron chi connectivity index (χ0n) is 8.59. The predicted octanol–water partition coefficient (Wildman–Crippen LogP) is 3.21. The van der Waals surface area contributed by atoms with Crippen molar-refractivity contribution in [1.29, 1.82) is 0 Å². The fraction of sp³-hybridized carbons (Fsp3) is 0.545. The molecule has 0 aromatic carbocycles. The Kier molecular flexibility index (Phi) is 5.38. The zero-order valence-corrected chi connectivity index (χ0v) is 9.35. The third-order valence-electron chi connectivity index (χ3n) is 2.03. The summed E-state index contributed by atoms with van der Waals surface area (Å²) in [5, 5.41) is 3.29. The lowest BCUT2D eigenvalue weighted by atomic mass is 10.2. The highest BCUT2D eigenvalue weighted by Gasteiger charge is 1.93. The summed E-state index contributed by atoms with van der Waals surface area (Å²) in [5.41, 5.74) is 1.24. The molecule has 3 heteroatoms. The maximum absolute atomic E-state index is 5.59. The van der Waals surface area contributed by atoms with E-state index in [1.54, 1.807) is 0 Å². The van der Waals surface area contributed by atoms with E-state index in [2.05, 4.69) is 23.3 Å². The van der Waals surface area contributed by atoms with Gasteiger partial charge in [0.15, 0.2) is 0 Å². The number of aromatic nitrogens is 1. The van der Waals surface area contributed by atoms with Gasteiger partial charge in [-0.25, -0.2) is 4.98 Å². The minimum absolute atomic E-state index is 0.767. The van der Waals surface area contributed by atoms with Crippen LogP contribution in [0.4, 0.5) is 5.82 Å². The number of nitrogens with one attached hydrogen (secondary N) is 1. The first-order valence-electron chi connectivity index (χ1n) is 5.05. The van der Waals surface area contributed by atoms with Crippen molar-refractivity contribution in [3.63, 3.8) is 0 Å². The largest absolute Gasteiger partial charge is 0.370 e. The Hall–Kier alpha value is -0.760. The van der Waals surface area contributed by atoms with Crippen molar-refractivity contribution in [2.75, 3.05) is 17.7 Å². The maximum atomic E-state index is 5.59. The molecule has 0 aliphatic carbocycles. The van der Waals surface area contributed by atoms with Crippen molar-refractivity contribution in [2.45, 2.75) is 26.2 Å². The molecule has 1 rings (SSSR count). The van der Waals surface area contributed by atoms with Crippen LogP contribution in [0, 0.1) is 6.92 Å². The number of rotatable bonds is 6. The standard InChI is InChI=1S/C11H17ClN2/c1-10-5-8-14-11(9-10)13-7-4-2-3-6-12/h5,8-9H,2-4,6-7H2,1H3,(H,13,14). The number of hydrogen-bond acceptors (Lipinski definition) is 2. The lowest BCUT2D eigenvalue weighted by Gasteiger charge is -2.05. The quantitative estimate of drug-likeness (QED) is 0.579. The van der Waals surface area contributed by atoms with Gasteiger partial charge in [-0.15, -0.1) is 11.6 Å². The fourth-order valence-corrected chi connectivity index (χ4v) is 1.43. The molecule has 1 N–H and O–H groups in total. The molecule has 78 valence electrons. The molecule has 0 aliphatic rings. The van der Waals surface area contributed by atoms with Crippen molar-refractivity contribution < 1.29 is 0 Å². The first kappa shape index (κ1) is 11.3. The molecule has 1 heterocycles. The van der Waals surface area contributed by atoms with Crippen molar-refractivity contribution in [1.82, 2.24) is 4.98 Å². The summed E-state index contributed by atoms with van der Waals surface area (Å²) in [7, 11) is 0. The summed E-state index contributed by atoms with van der Waals surface area (Å²) >= 11 is 5.59. The third-order valence-corrected chi connectivity index (χ3v) is 2.30. The molecule has 0 unspecified atom stereocenters. The molecule has 14 heavy (non-hydrogen) atoms. The van der Waals surface area contributed by atoms with Gasteiger partial charge in [-0.3, -0.25) is 0 Å². The highest BCUT2D eigenvalue weighted by molar-refractivity contribution is 6.17. The van der Waals surface area contributed by atoms with Gasteiger partial charge in [-0.1, -0.05) is 6.42 Å². The van der Waals surface area contributed by atoms with Gasteiger partial charge < -0.3 is 5.32 Å². The topological polar surface area (TPSA) is 24.9 Å². The van der Waals surface area contributed by atoms with Gasteiger partial charge in [0.25, 0.3) is 0 Å². The van der Waals surface area contributed by atoms with E-state index in [4.69, 9.17) is 11.6 Å². The van der Waals surface area contributed by atoms with E-state index in [1.807, 2.05) is 12.3 Å². The Balaban J connectivity index is 2.18. The summed E-state index contributed by atoms with van der Waals surface area (Å²) in [6.45, 7) is 3.05. The average Bonchev–Trinajstić information content (AvgIpc) is 2.18. The van der Waals surface area contributed by atoms with Gasteiger partial charge in [0.1, 0.15) is 5.82 Å². The van der Waals surface area contributed by atoms with Crippen LogP contribution in [0.1, 0.15) is 24.8 Å². The SMILES string of the molecule is Cc1ccnc(NCCCCCCl)c1. The van der Waals surface area contributed by atoms with Crippen LogP contribution in [-0.2, 0) is 0 Å². The predicted molar refractivity (Wildman–Crippen MR) is 62.0 cm³/mol. The lowest BCUT2D eigenvalue weighted by Crippen LogP contribution is -2.03. The molecule has 0 spiro atoms. The van der Waals surface area contributed by atoms with E-state index in [-0.39, 0.29) is 0 Å². The maximum Gasteiger partial charge on any atom is 0.126 e. The van der Waals surface area contributed by atoms with Crippen molar-refractivity contribution in [3.05, 3.63) is 23.9 Å². The van der Waals surface area contributed by atoms with Gasteiger partial charge >= 0.3 is 0 Å². The van der Waals surface area contributed by atoms with Crippen LogP contribution >= 0.6 is 11.6 Å². The molecule has 0 bridgehead atoms. The first-order chi connectivity index (χ1) is 6.83. The molecule has 1 aromatic rings. The smallest absolute Gasteiger partial charge is 0.126 e. The second kappa shape index (κ2) is 6.66. The van der Waals surface area contributed by atoms with E-state index in [0.29, 0.717) is 0 Å². The highest BCUT2D eigenvalue weighted by atomic mass is 35.5. The number of unbranched alkanes of at least 4 members (excludes halogenated alkanes) is 2. The first-order valence-corrected chi connectivity index (χ1v) is 5.59. The van der Waals surface area contributed by atoms with Crippen LogP contribution in [0.2, 0.25) is 0 Å². The summed E-state index contributed by atoms with van der Waals surface area (Å²) in [4.78, 5) is 4.22. The van der Waals surface area contributed by atoms with Crippen LogP contribution < -0.4 is 5.32 Å².